The first-order valence-electron chi connectivity index (χ1n) is 8.00. The van der Waals surface area contributed by atoms with Crippen molar-refractivity contribution in [3.8, 4) is 17.0 Å². The van der Waals surface area contributed by atoms with Crippen LogP contribution < -0.4 is 14.8 Å². The summed E-state index contributed by atoms with van der Waals surface area (Å²) in [6.45, 7) is 0. The SMILES string of the molecule is COc1cccc2c1Cc1c(N(C)c3cccc(S(N)(=O)=O)c3)n[nH]c1-2. The number of sulfonamides is 1. The summed E-state index contributed by atoms with van der Waals surface area (Å²) < 4.78 is 28.7. The number of anilines is 2. The van der Waals surface area contributed by atoms with Gasteiger partial charge in [-0.25, -0.2) is 13.6 Å². The van der Waals surface area contributed by atoms with Crippen LogP contribution in [-0.2, 0) is 16.4 Å². The summed E-state index contributed by atoms with van der Waals surface area (Å²) in [5, 5.41) is 12.8. The van der Waals surface area contributed by atoms with E-state index in [1.165, 1.54) is 6.07 Å². The maximum atomic E-state index is 11.6. The van der Waals surface area contributed by atoms with Crippen molar-refractivity contribution >= 4 is 21.5 Å². The number of methoxy groups -OCH3 is 1. The molecule has 134 valence electrons. The average molecular weight is 370 g/mol. The van der Waals surface area contributed by atoms with E-state index in [4.69, 9.17) is 9.88 Å². The molecule has 3 aromatic rings. The summed E-state index contributed by atoms with van der Waals surface area (Å²) in [5.41, 5.74) is 4.89. The highest BCUT2D eigenvalue weighted by Gasteiger charge is 2.28. The number of ether oxygens (including phenoxy) is 1. The highest BCUT2D eigenvalue weighted by Crippen LogP contribution is 2.44. The molecular formula is C18H18N4O3S. The number of rotatable bonds is 4. The first-order chi connectivity index (χ1) is 12.4. The van der Waals surface area contributed by atoms with Crippen LogP contribution in [0.1, 0.15) is 11.1 Å². The zero-order valence-electron chi connectivity index (χ0n) is 14.4. The third kappa shape index (κ3) is 2.54. The largest absolute Gasteiger partial charge is 0.496 e. The van der Waals surface area contributed by atoms with Crippen molar-refractivity contribution in [1.29, 1.82) is 0 Å². The van der Waals surface area contributed by atoms with Gasteiger partial charge in [0.1, 0.15) is 5.75 Å². The number of primary sulfonamides is 1. The van der Waals surface area contributed by atoms with Gasteiger partial charge in [-0.05, 0) is 24.3 Å². The Morgan fingerprint density at radius 2 is 1.96 bits per heavy atom. The second kappa shape index (κ2) is 5.86. The molecule has 0 spiro atoms. The zero-order valence-corrected chi connectivity index (χ0v) is 15.2. The highest BCUT2D eigenvalue weighted by atomic mass is 32.2. The molecule has 1 aliphatic carbocycles. The molecular weight excluding hydrogens is 352 g/mol. The number of nitrogens with two attached hydrogens (primary N) is 1. The predicted octanol–water partition coefficient (Wildman–Crippen LogP) is 2.40. The van der Waals surface area contributed by atoms with Gasteiger partial charge in [-0.1, -0.05) is 18.2 Å². The Bertz CT molecular complexity index is 1110. The Hall–Kier alpha value is -2.84. The molecule has 0 amide bonds. The zero-order chi connectivity index (χ0) is 18.5. The lowest BCUT2D eigenvalue weighted by molar-refractivity contribution is 0.411. The van der Waals surface area contributed by atoms with Crippen LogP contribution in [0.4, 0.5) is 11.5 Å². The number of aromatic nitrogens is 2. The van der Waals surface area contributed by atoms with E-state index < -0.39 is 10.0 Å². The minimum atomic E-state index is -3.76. The van der Waals surface area contributed by atoms with Crippen molar-refractivity contribution in [1.82, 2.24) is 10.2 Å². The number of fused-ring (bicyclic) bond motifs is 3. The molecule has 0 saturated carbocycles. The molecule has 1 heterocycles. The summed E-state index contributed by atoms with van der Waals surface area (Å²) in [4.78, 5) is 1.92. The summed E-state index contributed by atoms with van der Waals surface area (Å²) in [6.07, 6.45) is 0.694. The maximum Gasteiger partial charge on any atom is 0.238 e. The van der Waals surface area contributed by atoms with E-state index >= 15 is 0 Å². The van der Waals surface area contributed by atoms with Crippen molar-refractivity contribution < 1.29 is 13.2 Å². The fourth-order valence-corrected chi connectivity index (χ4v) is 3.92. The van der Waals surface area contributed by atoms with Crippen LogP contribution >= 0.6 is 0 Å². The second-order valence-electron chi connectivity index (χ2n) is 6.17. The van der Waals surface area contributed by atoms with E-state index in [1.54, 1.807) is 19.2 Å². The van der Waals surface area contributed by atoms with E-state index in [9.17, 15) is 8.42 Å². The van der Waals surface area contributed by atoms with Gasteiger partial charge in [-0.15, -0.1) is 0 Å². The normalized spacial score (nSPS) is 12.6. The van der Waals surface area contributed by atoms with Crippen LogP contribution in [0.5, 0.6) is 5.75 Å². The van der Waals surface area contributed by atoms with Crippen molar-refractivity contribution in [3.63, 3.8) is 0 Å². The van der Waals surface area contributed by atoms with E-state index in [2.05, 4.69) is 10.2 Å². The van der Waals surface area contributed by atoms with Crippen LogP contribution in [0.3, 0.4) is 0 Å². The van der Waals surface area contributed by atoms with Crippen LogP contribution in [-0.4, -0.2) is 32.8 Å². The van der Waals surface area contributed by atoms with Gasteiger partial charge in [0.05, 0.1) is 17.7 Å². The fraction of sp³-hybridized carbons (Fsp3) is 0.167. The van der Waals surface area contributed by atoms with E-state index in [0.717, 1.165) is 34.0 Å². The molecule has 8 heteroatoms. The highest BCUT2D eigenvalue weighted by molar-refractivity contribution is 7.89. The van der Waals surface area contributed by atoms with E-state index in [-0.39, 0.29) is 4.90 Å². The third-order valence-corrected chi connectivity index (χ3v) is 5.58. The number of aromatic amines is 1. The molecule has 0 radical (unpaired) electrons. The monoisotopic (exact) mass is 370 g/mol. The van der Waals surface area contributed by atoms with Crippen molar-refractivity contribution in [3.05, 3.63) is 53.6 Å². The molecule has 7 nitrogen and oxygen atoms in total. The molecule has 26 heavy (non-hydrogen) atoms. The number of nitrogens with one attached hydrogen (secondary N) is 1. The molecule has 1 aromatic heterocycles. The molecule has 0 saturated heterocycles. The van der Waals surface area contributed by atoms with Gasteiger partial charge in [0, 0.05) is 35.8 Å². The fourth-order valence-electron chi connectivity index (χ4n) is 3.36. The Labute approximate surface area is 151 Å². The molecule has 2 aromatic carbocycles. The smallest absolute Gasteiger partial charge is 0.238 e. The van der Waals surface area contributed by atoms with Crippen LogP contribution in [0, 0.1) is 0 Å². The number of benzene rings is 2. The molecule has 0 bridgehead atoms. The van der Waals surface area contributed by atoms with Crippen LogP contribution in [0.2, 0.25) is 0 Å². The topological polar surface area (TPSA) is 101 Å². The second-order valence-corrected chi connectivity index (χ2v) is 7.73. The van der Waals surface area contributed by atoms with Gasteiger partial charge < -0.3 is 9.64 Å². The summed E-state index contributed by atoms with van der Waals surface area (Å²) >= 11 is 0. The third-order valence-electron chi connectivity index (χ3n) is 4.67. The Morgan fingerprint density at radius 1 is 1.19 bits per heavy atom. The number of H-pyrrole nitrogens is 1. The van der Waals surface area contributed by atoms with Gasteiger partial charge in [0.25, 0.3) is 0 Å². The Balaban J connectivity index is 1.76. The molecule has 0 atom stereocenters. The lowest BCUT2D eigenvalue weighted by Crippen LogP contribution is -2.15. The van der Waals surface area contributed by atoms with Gasteiger partial charge in [0.15, 0.2) is 5.82 Å². The van der Waals surface area contributed by atoms with Crippen molar-refractivity contribution in [2.24, 2.45) is 5.14 Å². The van der Waals surface area contributed by atoms with Gasteiger partial charge in [-0.3, -0.25) is 5.10 Å². The molecule has 4 rings (SSSR count). The predicted molar refractivity (Wildman–Crippen MR) is 99.3 cm³/mol. The van der Waals surface area contributed by atoms with Crippen LogP contribution in [0.15, 0.2) is 47.4 Å². The molecule has 3 N–H and O–H groups in total. The molecule has 0 unspecified atom stereocenters. The molecule has 0 aliphatic heterocycles. The average Bonchev–Trinajstić information content (AvgIpc) is 3.19. The first kappa shape index (κ1) is 16.6. The molecule has 0 fully saturated rings. The minimum absolute atomic E-state index is 0.0685. The quantitative estimate of drug-likeness (QED) is 0.574. The van der Waals surface area contributed by atoms with Gasteiger partial charge in [-0.2, -0.15) is 5.10 Å². The van der Waals surface area contributed by atoms with Gasteiger partial charge in [0.2, 0.25) is 10.0 Å². The standard InChI is InChI=1S/C18H18N4O3S/c1-22(11-5-3-6-12(9-11)26(19,23)24)18-15-10-14-13(17(15)20-21-18)7-4-8-16(14)25-2/h3-9H,10H2,1-2H3,(H,20,21)(H2,19,23,24). The first-order valence-corrected chi connectivity index (χ1v) is 9.55. The summed E-state index contributed by atoms with van der Waals surface area (Å²) in [6, 6.07) is 12.4. The van der Waals surface area contributed by atoms with Crippen LogP contribution in [0.25, 0.3) is 11.3 Å². The van der Waals surface area contributed by atoms with Crippen molar-refractivity contribution in [2.75, 3.05) is 19.1 Å². The molecule has 1 aliphatic rings. The minimum Gasteiger partial charge on any atom is -0.496 e. The number of hydrogen-bond acceptors (Lipinski definition) is 5. The Morgan fingerprint density at radius 3 is 2.69 bits per heavy atom. The maximum absolute atomic E-state index is 11.6. The van der Waals surface area contributed by atoms with Crippen molar-refractivity contribution in [2.45, 2.75) is 11.3 Å². The van der Waals surface area contributed by atoms with E-state index in [1.807, 2.05) is 36.2 Å². The number of hydrogen-bond donors (Lipinski definition) is 2. The lowest BCUT2D eigenvalue weighted by Gasteiger charge is -2.18. The number of nitrogens with zero attached hydrogens (tertiary/aromatic N) is 2. The summed E-state index contributed by atoms with van der Waals surface area (Å²) in [5.74, 6) is 1.58. The lowest BCUT2D eigenvalue weighted by atomic mass is 10.1. The van der Waals surface area contributed by atoms with E-state index in [0.29, 0.717) is 12.1 Å². The summed E-state index contributed by atoms with van der Waals surface area (Å²) in [7, 11) is -0.258. The Kier molecular flexibility index (Phi) is 3.74. The van der Waals surface area contributed by atoms with Gasteiger partial charge >= 0.3 is 0 Å².